The molecule has 1 aliphatic carbocycles. The SMILES string of the molecule is CCc1cc(CNC(=O)NCCO[C@@H]2CCCC[C@@H]2C)on1. The van der Waals surface area contributed by atoms with E-state index in [0.29, 0.717) is 37.5 Å². The molecule has 2 N–H and O–H groups in total. The van der Waals surface area contributed by atoms with Gasteiger partial charge in [-0.15, -0.1) is 0 Å². The smallest absolute Gasteiger partial charge is 0.315 e. The highest BCUT2D eigenvalue weighted by molar-refractivity contribution is 5.73. The van der Waals surface area contributed by atoms with Gasteiger partial charge in [0.15, 0.2) is 5.76 Å². The lowest BCUT2D eigenvalue weighted by atomic mass is 9.88. The van der Waals surface area contributed by atoms with Crippen LogP contribution in [0.4, 0.5) is 4.79 Å². The van der Waals surface area contributed by atoms with Crippen molar-refractivity contribution in [2.45, 2.75) is 58.6 Å². The Balaban J connectivity index is 1.55. The zero-order chi connectivity index (χ0) is 15.8. The molecule has 0 spiro atoms. The van der Waals surface area contributed by atoms with Crippen LogP contribution in [0.1, 0.15) is 51.0 Å². The Labute approximate surface area is 132 Å². The number of carbonyl (C=O) groups excluding carboxylic acids is 1. The molecule has 0 saturated heterocycles. The highest BCUT2D eigenvalue weighted by Crippen LogP contribution is 2.25. The molecule has 2 rings (SSSR count). The highest BCUT2D eigenvalue weighted by Gasteiger charge is 2.21. The molecule has 1 aromatic heterocycles. The standard InChI is InChI=1S/C16H27N3O3/c1-3-13-10-14(22-19-13)11-18-16(20)17-8-9-21-15-7-5-4-6-12(15)2/h10,12,15H,3-9,11H2,1-2H3,(H2,17,18,20)/t12-,15+/m0/s1. The molecule has 1 aromatic rings. The molecule has 6 nitrogen and oxygen atoms in total. The number of aromatic nitrogens is 1. The predicted molar refractivity (Wildman–Crippen MR) is 83.5 cm³/mol. The predicted octanol–water partition coefficient (Wildman–Crippen LogP) is 2.63. The quantitative estimate of drug-likeness (QED) is 0.759. The van der Waals surface area contributed by atoms with Crippen LogP contribution in [0, 0.1) is 5.92 Å². The van der Waals surface area contributed by atoms with E-state index in [2.05, 4.69) is 22.7 Å². The van der Waals surface area contributed by atoms with Crippen molar-refractivity contribution in [1.29, 1.82) is 0 Å². The lowest BCUT2D eigenvalue weighted by Gasteiger charge is -2.28. The first kappa shape index (κ1) is 16.8. The van der Waals surface area contributed by atoms with E-state index < -0.39 is 0 Å². The van der Waals surface area contributed by atoms with Gasteiger partial charge >= 0.3 is 6.03 Å². The molecular weight excluding hydrogens is 282 g/mol. The van der Waals surface area contributed by atoms with E-state index in [4.69, 9.17) is 9.26 Å². The molecule has 1 heterocycles. The van der Waals surface area contributed by atoms with E-state index in [-0.39, 0.29) is 6.03 Å². The van der Waals surface area contributed by atoms with Gasteiger partial charge in [-0.2, -0.15) is 0 Å². The second-order valence-corrected chi connectivity index (χ2v) is 5.92. The number of hydrogen-bond acceptors (Lipinski definition) is 4. The van der Waals surface area contributed by atoms with Crippen molar-refractivity contribution in [3.05, 3.63) is 17.5 Å². The van der Waals surface area contributed by atoms with Crippen LogP contribution in [0.2, 0.25) is 0 Å². The first-order valence-electron chi connectivity index (χ1n) is 8.26. The van der Waals surface area contributed by atoms with Crippen LogP contribution in [0.15, 0.2) is 10.6 Å². The van der Waals surface area contributed by atoms with Gasteiger partial charge in [0, 0.05) is 12.6 Å². The van der Waals surface area contributed by atoms with Gasteiger partial charge in [-0.1, -0.05) is 31.8 Å². The molecule has 1 aliphatic rings. The Morgan fingerprint density at radius 2 is 2.23 bits per heavy atom. The number of nitrogens with zero attached hydrogens (tertiary/aromatic N) is 1. The first-order valence-corrected chi connectivity index (χ1v) is 8.26. The summed E-state index contributed by atoms with van der Waals surface area (Å²) in [5, 5.41) is 9.42. The van der Waals surface area contributed by atoms with Crippen molar-refractivity contribution in [3.63, 3.8) is 0 Å². The van der Waals surface area contributed by atoms with Gasteiger partial charge in [0.05, 0.1) is 24.9 Å². The zero-order valence-electron chi connectivity index (χ0n) is 13.6. The summed E-state index contributed by atoms with van der Waals surface area (Å²) in [6.07, 6.45) is 6.12. The first-order chi connectivity index (χ1) is 10.7. The third kappa shape index (κ3) is 5.33. The number of ether oxygens (including phenoxy) is 1. The molecule has 2 amide bonds. The number of aryl methyl sites for hydroxylation is 1. The van der Waals surface area contributed by atoms with Crippen molar-refractivity contribution in [2.75, 3.05) is 13.2 Å². The van der Waals surface area contributed by atoms with E-state index in [0.717, 1.165) is 18.5 Å². The Bertz CT molecular complexity index is 461. The molecule has 124 valence electrons. The normalized spacial score (nSPS) is 21.5. The van der Waals surface area contributed by atoms with Gasteiger partial charge in [-0.3, -0.25) is 0 Å². The molecule has 1 fully saturated rings. The molecule has 2 atom stereocenters. The second-order valence-electron chi connectivity index (χ2n) is 5.92. The van der Waals surface area contributed by atoms with Gasteiger partial charge in [0.25, 0.3) is 0 Å². The third-order valence-electron chi connectivity index (χ3n) is 4.15. The third-order valence-corrected chi connectivity index (χ3v) is 4.15. The fourth-order valence-corrected chi connectivity index (χ4v) is 2.74. The fourth-order valence-electron chi connectivity index (χ4n) is 2.74. The molecule has 0 aromatic carbocycles. The van der Waals surface area contributed by atoms with E-state index in [1.165, 1.54) is 19.3 Å². The number of rotatable bonds is 7. The van der Waals surface area contributed by atoms with Crippen LogP contribution in [-0.2, 0) is 17.7 Å². The molecule has 0 unspecified atom stereocenters. The number of hydrogen-bond donors (Lipinski definition) is 2. The molecule has 6 heteroatoms. The minimum atomic E-state index is -0.213. The van der Waals surface area contributed by atoms with Crippen LogP contribution >= 0.6 is 0 Å². The van der Waals surface area contributed by atoms with E-state index in [1.807, 2.05) is 13.0 Å². The minimum Gasteiger partial charge on any atom is -0.376 e. The average Bonchev–Trinajstić information content (AvgIpc) is 2.99. The van der Waals surface area contributed by atoms with Gasteiger partial charge in [0.2, 0.25) is 0 Å². The summed E-state index contributed by atoms with van der Waals surface area (Å²) in [4.78, 5) is 11.7. The summed E-state index contributed by atoms with van der Waals surface area (Å²) >= 11 is 0. The van der Waals surface area contributed by atoms with Crippen LogP contribution < -0.4 is 10.6 Å². The summed E-state index contributed by atoms with van der Waals surface area (Å²) in [7, 11) is 0. The lowest BCUT2D eigenvalue weighted by Crippen LogP contribution is -2.38. The maximum atomic E-state index is 11.7. The van der Waals surface area contributed by atoms with Crippen molar-refractivity contribution in [3.8, 4) is 0 Å². The molecule has 0 bridgehead atoms. The van der Waals surface area contributed by atoms with Crippen LogP contribution in [0.5, 0.6) is 0 Å². The van der Waals surface area contributed by atoms with Gasteiger partial charge in [-0.25, -0.2) is 4.79 Å². The zero-order valence-corrected chi connectivity index (χ0v) is 13.6. The van der Waals surface area contributed by atoms with Crippen molar-refractivity contribution in [2.24, 2.45) is 5.92 Å². The largest absolute Gasteiger partial charge is 0.376 e. The Morgan fingerprint density at radius 1 is 1.41 bits per heavy atom. The Kier molecular flexibility index (Phi) is 6.71. The van der Waals surface area contributed by atoms with E-state index >= 15 is 0 Å². The maximum Gasteiger partial charge on any atom is 0.315 e. The minimum absolute atomic E-state index is 0.213. The van der Waals surface area contributed by atoms with Crippen molar-refractivity contribution >= 4 is 6.03 Å². The summed E-state index contributed by atoms with van der Waals surface area (Å²) in [5.74, 6) is 1.29. The molecular formula is C16H27N3O3. The molecule has 0 radical (unpaired) electrons. The summed E-state index contributed by atoms with van der Waals surface area (Å²) in [6, 6.07) is 1.64. The number of amides is 2. The number of urea groups is 1. The molecule has 0 aliphatic heterocycles. The fraction of sp³-hybridized carbons (Fsp3) is 0.750. The second kappa shape index (κ2) is 8.78. The van der Waals surface area contributed by atoms with Gasteiger partial charge in [-0.05, 0) is 25.2 Å². The van der Waals surface area contributed by atoms with E-state index in [9.17, 15) is 4.79 Å². The molecule has 22 heavy (non-hydrogen) atoms. The average molecular weight is 309 g/mol. The van der Waals surface area contributed by atoms with Gasteiger partial charge < -0.3 is 19.9 Å². The van der Waals surface area contributed by atoms with Gasteiger partial charge in [0.1, 0.15) is 0 Å². The topological polar surface area (TPSA) is 76.4 Å². The van der Waals surface area contributed by atoms with Crippen molar-refractivity contribution < 1.29 is 14.1 Å². The lowest BCUT2D eigenvalue weighted by molar-refractivity contribution is -0.00243. The van der Waals surface area contributed by atoms with Crippen LogP contribution in [-0.4, -0.2) is 30.4 Å². The van der Waals surface area contributed by atoms with Crippen LogP contribution in [0.3, 0.4) is 0 Å². The Morgan fingerprint density at radius 3 is 2.95 bits per heavy atom. The summed E-state index contributed by atoms with van der Waals surface area (Å²) in [5.41, 5.74) is 0.896. The monoisotopic (exact) mass is 309 g/mol. The Hall–Kier alpha value is -1.56. The van der Waals surface area contributed by atoms with E-state index in [1.54, 1.807) is 0 Å². The van der Waals surface area contributed by atoms with Crippen LogP contribution in [0.25, 0.3) is 0 Å². The number of carbonyl (C=O) groups is 1. The number of nitrogens with one attached hydrogen (secondary N) is 2. The maximum absolute atomic E-state index is 11.7. The summed E-state index contributed by atoms with van der Waals surface area (Å²) < 4.78 is 11.0. The summed E-state index contributed by atoms with van der Waals surface area (Å²) in [6.45, 7) is 5.68. The highest BCUT2D eigenvalue weighted by atomic mass is 16.5. The molecule has 1 saturated carbocycles. The van der Waals surface area contributed by atoms with Crippen molar-refractivity contribution in [1.82, 2.24) is 15.8 Å².